The molecule has 0 aliphatic rings. The number of thiocarbonyl (C=S) groups is 1. The highest BCUT2D eigenvalue weighted by Gasteiger charge is 2.02. The summed E-state index contributed by atoms with van der Waals surface area (Å²) in [6.45, 7) is 3.19. The van der Waals surface area contributed by atoms with E-state index in [0.29, 0.717) is 0 Å². The highest BCUT2D eigenvalue weighted by molar-refractivity contribution is 7.80. The minimum atomic E-state index is 0.904. The molecule has 2 nitrogen and oxygen atoms in total. The molecular formula is C7H16N2S. The van der Waals surface area contributed by atoms with Crippen LogP contribution in [0, 0.1) is 0 Å². The van der Waals surface area contributed by atoms with Crippen LogP contribution in [0.3, 0.4) is 0 Å². The Balaban J connectivity index is 3.71. The van der Waals surface area contributed by atoms with Crippen molar-refractivity contribution in [2.24, 2.45) is 0 Å². The van der Waals surface area contributed by atoms with Gasteiger partial charge in [0.25, 0.3) is 0 Å². The lowest BCUT2D eigenvalue weighted by atomic mass is 10.4. The van der Waals surface area contributed by atoms with E-state index in [0.717, 1.165) is 18.1 Å². The quantitative estimate of drug-likeness (QED) is 0.560. The van der Waals surface area contributed by atoms with Gasteiger partial charge in [-0.3, -0.25) is 0 Å². The second kappa shape index (κ2) is 4.50. The highest BCUT2D eigenvalue weighted by atomic mass is 32.1. The summed E-state index contributed by atoms with van der Waals surface area (Å²) >= 11 is 5.12. The number of nitrogens with zero attached hydrogens (tertiary/aromatic N) is 2. The third kappa shape index (κ3) is 3.01. The summed E-state index contributed by atoms with van der Waals surface area (Å²) in [6, 6.07) is 0. The van der Waals surface area contributed by atoms with Crippen molar-refractivity contribution in [1.29, 1.82) is 0 Å². The fourth-order valence-electron chi connectivity index (χ4n) is 0.772. The molecule has 60 valence electrons. The summed E-state index contributed by atoms with van der Waals surface area (Å²) < 4.78 is 0. The summed E-state index contributed by atoms with van der Waals surface area (Å²) in [5.74, 6) is 0. The Hall–Kier alpha value is -0.310. The zero-order valence-corrected chi connectivity index (χ0v) is 8.03. The van der Waals surface area contributed by atoms with E-state index in [4.69, 9.17) is 12.2 Å². The number of hydrogen-bond donors (Lipinski definition) is 0. The van der Waals surface area contributed by atoms with E-state index in [1.807, 2.05) is 26.0 Å². The zero-order chi connectivity index (χ0) is 8.15. The van der Waals surface area contributed by atoms with Gasteiger partial charge < -0.3 is 9.80 Å². The molecule has 0 heterocycles. The van der Waals surface area contributed by atoms with Gasteiger partial charge in [0.2, 0.25) is 0 Å². The highest BCUT2D eigenvalue weighted by Crippen LogP contribution is 1.92. The van der Waals surface area contributed by atoms with Gasteiger partial charge in [0.1, 0.15) is 0 Å². The summed E-state index contributed by atoms with van der Waals surface area (Å²) in [5.41, 5.74) is 0. The second-order valence-corrected chi connectivity index (χ2v) is 2.96. The van der Waals surface area contributed by atoms with Crippen LogP contribution in [0.2, 0.25) is 0 Å². The van der Waals surface area contributed by atoms with Gasteiger partial charge in [0.05, 0.1) is 0 Å². The average molecular weight is 160 g/mol. The average Bonchev–Trinajstić information content (AvgIpc) is 1.87. The molecular weight excluding hydrogens is 144 g/mol. The summed E-state index contributed by atoms with van der Waals surface area (Å²) in [4.78, 5) is 4.03. The van der Waals surface area contributed by atoms with Crippen LogP contribution in [0.5, 0.6) is 0 Å². The largest absolute Gasteiger partial charge is 0.355 e. The summed E-state index contributed by atoms with van der Waals surface area (Å²) in [5, 5.41) is 0.904. The third-order valence-corrected chi connectivity index (χ3v) is 1.94. The molecule has 0 aromatic rings. The van der Waals surface area contributed by atoms with E-state index in [-0.39, 0.29) is 0 Å². The maximum absolute atomic E-state index is 5.12. The van der Waals surface area contributed by atoms with Gasteiger partial charge in [0.15, 0.2) is 5.11 Å². The molecule has 0 saturated carbocycles. The predicted octanol–water partition coefficient (Wildman–Crippen LogP) is 1.17. The van der Waals surface area contributed by atoms with Crippen molar-refractivity contribution in [2.75, 3.05) is 27.7 Å². The van der Waals surface area contributed by atoms with Gasteiger partial charge in [0, 0.05) is 27.7 Å². The SMILES string of the molecule is CCCN(C)C(=S)N(C)C. The van der Waals surface area contributed by atoms with Crippen molar-refractivity contribution < 1.29 is 0 Å². The lowest BCUT2D eigenvalue weighted by Crippen LogP contribution is -2.36. The Bertz CT molecular complexity index is 112. The molecule has 0 atom stereocenters. The molecule has 0 amide bonds. The molecule has 0 aromatic heterocycles. The molecule has 0 radical (unpaired) electrons. The van der Waals surface area contributed by atoms with Gasteiger partial charge >= 0.3 is 0 Å². The minimum Gasteiger partial charge on any atom is -0.355 e. The minimum absolute atomic E-state index is 0.904. The van der Waals surface area contributed by atoms with E-state index in [1.54, 1.807) is 0 Å². The van der Waals surface area contributed by atoms with Crippen molar-refractivity contribution in [3.8, 4) is 0 Å². The van der Waals surface area contributed by atoms with Crippen LogP contribution in [-0.2, 0) is 0 Å². The number of hydrogen-bond acceptors (Lipinski definition) is 1. The van der Waals surface area contributed by atoms with Crippen LogP contribution in [0.1, 0.15) is 13.3 Å². The normalized spacial score (nSPS) is 9.20. The molecule has 0 bridgehead atoms. The maximum atomic E-state index is 5.12. The topological polar surface area (TPSA) is 6.48 Å². The van der Waals surface area contributed by atoms with Crippen LogP contribution in [0.25, 0.3) is 0 Å². The van der Waals surface area contributed by atoms with E-state index in [1.165, 1.54) is 0 Å². The number of rotatable bonds is 2. The van der Waals surface area contributed by atoms with Crippen molar-refractivity contribution >= 4 is 17.3 Å². The second-order valence-electron chi connectivity index (χ2n) is 2.60. The van der Waals surface area contributed by atoms with Gasteiger partial charge in [-0.25, -0.2) is 0 Å². The first kappa shape index (κ1) is 9.69. The third-order valence-electron chi connectivity index (χ3n) is 1.27. The molecule has 0 spiro atoms. The predicted molar refractivity (Wildman–Crippen MR) is 49.2 cm³/mol. The van der Waals surface area contributed by atoms with Crippen molar-refractivity contribution in [1.82, 2.24) is 9.80 Å². The van der Waals surface area contributed by atoms with Gasteiger partial charge in [-0.1, -0.05) is 6.92 Å². The Morgan fingerprint density at radius 3 is 2.10 bits per heavy atom. The van der Waals surface area contributed by atoms with Crippen LogP contribution in [-0.4, -0.2) is 42.6 Å². The van der Waals surface area contributed by atoms with E-state index >= 15 is 0 Å². The van der Waals surface area contributed by atoms with Crippen LogP contribution in [0.4, 0.5) is 0 Å². The van der Waals surface area contributed by atoms with Gasteiger partial charge in [-0.15, -0.1) is 0 Å². The zero-order valence-electron chi connectivity index (χ0n) is 7.22. The monoisotopic (exact) mass is 160 g/mol. The summed E-state index contributed by atoms with van der Waals surface area (Å²) in [7, 11) is 5.95. The Morgan fingerprint density at radius 1 is 1.30 bits per heavy atom. The molecule has 0 unspecified atom stereocenters. The Kier molecular flexibility index (Phi) is 4.36. The fourth-order valence-corrected chi connectivity index (χ4v) is 0.864. The molecule has 0 aromatic carbocycles. The molecule has 0 fully saturated rings. The van der Waals surface area contributed by atoms with E-state index in [9.17, 15) is 0 Å². The van der Waals surface area contributed by atoms with Crippen molar-refractivity contribution in [3.05, 3.63) is 0 Å². The molecule has 0 aliphatic carbocycles. The first-order valence-corrected chi connectivity index (χ1v) is 3.92. The molecule has 0 N–H and O–H groups in total. The van der Waals surface area contributed by atoms with Gasteiger partial charge in [-0.2, -0.15) is 0 Å². The van der Waals surface area contributed by atoms with Crippen LogP contribution in [0.15, 0.2) is 0 Å². The Morgan fingerprint density at radius 2 is 1.80 bits per heavy atom. The van der Waals surface area contributed by atoms with Gasteiger partial charge in [-0.05, 0) is 18.6 Å². The fraction of sp³-hybridized carbons (Fsp3) is 0.857. The standard InChI is InChI=1S/C7H16N2S/c1-5-6-9(4)7(10)8(2)3/h5-6H2,1-4H3. The maximum Gasteiger partial charge on any atom is 0.170 e. The first-order valence-electron chi connectivity index (χ1n) is 3.52. The molecule has 0 aliphatic heterocycles. The molecule has 10 heavy (non-hydrogen) atoms. The van der Waals surface area contributed by atoms with Crippen LogP contribution < -0.4 is 0 Å². The lowest BCUT2D eigenvalue weighted by molar-refractivity contribution is 0.437. The van der Waals surface area contributed by atoms with E-state index in [2.05, 4.69) is 11.8 Å². The van der Waals surface area contributed by atoms with Crippen molar-refractivity contribution in [2.45, 2.75) is 13.3 Å². The molecule has 0 rings (SSSR count). The first-order chi connectivity index (χ1) is 4.59. The van der Waals surface area contributed by atoms with E-state index < -0.39 is 0 Å². The molecule has 0 saturated heterocycles. The molecule has 3 heteroatoms. The summed E-state index contributed by atoms with van der Waals surface area (Å²) in [6.07, 6.45) is 1.14. The lowest BCUT2D eigenvalue weighted by Gasteiger charge is -2.24. The van der Waals surface area contributed by atoms with Crippen molar-refractivity contribution in [3.63, 3.8) is 0 Å². The Labute approximate surface area is 68.8 Å². The smallest absolute Gasteiger partial charge is 0.170 e. The van der Waals surface area contributed by atoms with Crippen LogP contribution >= 0.6 is 12.2 Å².